The summed E-state index contributed by atoms with van der Waals surface area (Å²) in [5.74, 6) is 1.34. The van der Waals surface area contributed by atoms with E-state index in [0.29, 0.717) is 34.6 Å². The summed E-state index contributed by atoms with van der Waals surface area (Å²) in [7, 11) is 0. The third kappa shape index (κ3) is 5.22. The van der Waals surface area contributed by atoms with Crippen LogP contribution in [0.3, 0.4) is 0 Å². The Hall–Kier alpha value is -2.99. The van der Waals surface area contributed by atoms with Crippen LogP contribution in [0, 0.1) is 36.5 Å². The van der Waals surface area contributed by atoms with Crippen molar-refractivity contribution in [1.82, 2.24) is 4.98 Å². The van der Waals surface area contributed by atoms with E-state index in [9.17, 15) is 14.4 Å². The summed E-state index contributed by atoms with van der Waals surface area (Å²) in [6.45, 7) is 5.96. The van der Waals surface area contributed by atoms with Gasteiger partial charge in [-0.2, -0.15) is 0 Å². The fraction of sp³-hybridized carbons (Fsp3) is 0.407. The number of carbonyl (C=O) groups is 3. The molecule has 1 aromatic heterocycles. The van der Waals surface area contributed by atoms with Gasteiger partial charge in [0.25, 0.3) is 0 Å². The Kier molecular flexibility index (Phi) is 7.17. The summed E-state index contributed by atoms with van der Waals surface area (Å²) in [6, 6.07) is 8.30. The molecule has 0 bridgehead atoms. The Morgan fingerprint density at radius 3 is 2.59 bits per heavy atom. The number of hydrogen-bond donors (Lipinski definition) is 0. The van der Waals surface area contributed by atoms with E-state index < -0.39 is 0 Å². The van der Waals surface area contributed by atoms with Crippen molar-refractivity contribution >= 4 is 35.5 Å². The Labute approximate surface area is 205 Å². The number of benzene rings is 1. The number of hydrogen-bond acceptors (Lipinski definition) is 5. The third-order valence-electron chi connectivity index (χ3n) is 6.89. The number of carbonyl (C=O) groups excluding carboxylic acids is 3. The van der Waals surface area contributed by atoms with Gasteiger partial charge in [0.05, 0.1) is 6.20 Å². The van der Waals surface area contributed by atoms with E-state index in [1.165, 1.54) is 6.20 Å². The van der Waals surface area contributed by atoms with Gasteiger partial charge < -0.3 is 4.74 Å². The minimum absolute atomic E-state index is 0.150. The smallest absolute Gasteiger partial charge is 0.238 e. The van der Waals surface area contributed by atoms with Crippen molar-refractivity contribution in [2.75, 3.05) is 11.5 Å². The average molecular weight is 481 g/mol. The number of rotatable bonds is 8. The van der Waals surface area contributed by atoms with Gasteiger partial charge in [-0.05, 0) is 79.3 Å². The van der Waals surface area contributed by atoms with Crippen LogP contribution < -0.4 is 9.64 Å². The van der Waals surface area contributed by atoms with Gasteiger partial charge >= 0.3 is 0 Å². The van der Waals surface area contributed by atoms with Crippen LogP contribution in [0.25, 0.3) is 0 Å². The largest absolute Gasteiger partial charge is 0.484 e. The lowest BCUT2D eigenvalue weighted by Crippen LogP contribution is -2.43. The van der Waals surface area contributed by atoms with E-state index in [2.05, 4.69) is 31.0 Å². The highest BCUT2D eigenvalue weighted by Gasteiger charge is 2.47. The van der Waals surface area contributed by atoms with Gasteiger partial charge in [0.2, 0.25) is 12.3 Å². The van der Waals surface area contributed by atoms with Crippen molar-refractivity contribution in [3.8, 4) is 5.75 Å². The van der Waals surface area contributed by atoms with Gasteiger partial charge in [-0.1, -0.05) is 37.6 Å². The number of ketones is 1. The highest BCUT2D eigenvalue weighted by Crippen LogP contribution is 2.50. The third-order valence-corrected chi connectivity index (χ3v) is 7.11. The first-order valence-electron chi connectivity index (χ1n) is 11.6. The van der Waals surface area contributed by atoms with Gasteiger partial charge in [-0.15, -0.1) is 0 Å². The van der Waals surface area contributed by atoms with E-state index >= 15 is 0 Å². The number of imide groups is 1. The molecular formula is C27H29ClN2O4. The highest BCUT2D eigenvalue weighted by atomic mass is 35.5. The van der Waals surface area contributed by atoms with Crippen molar-refractivity contribution in [3.05, 3.63) is 64.8 Å². The van der Waals surface area contributed by atoms with Crippen molar-refractivity contribution < 1.29 is 19.1 Å². The van der Waals surface area contributed by atoms with Crippen LogP contribution in [0.1, 0.15) is 42.6 Å². The van der Waals surface area contributed by atoms with Gasteiger partial charge in [0, 0.05) is 16.5 Å². The van der Waals surface area contributed by atoms with Crippen molar-refractivity contribution in [2.24, 2.45) is 29.6 Å². The topological polar surface area (TPSA) is 76.6 Å². The van der Waals surface area contributed by atoms with E-state index in [-0.39, 0.29) is 41.9 Å². The molecule has 0 spiro atoms. The van der Waals surface area contributed by atoms with Crippen LogP contribution in [-0.4, -0.2) is 29.7 Å². The Morgan fingerprint density at radius 2 is 1.97 bits per heavy atom. The molecule has 34 heavy (non-hydrogen) atoms. The van der Waals surface area contributed by atoms with E-state index in [4.69, 9.17) is 16.3 Å². The maximum absolute atomic E-state index is 13.4. The first-order valence-corrected chi connectivity index (χ1v) is 12.0. The SMILES string of the molecule is Cc1cc(Cl)cc(C(=O)COc2ccc(N(C=O)C(=O)C3C(C)CC=CC3C3CC3C)nc2)c1. The summed E-state index contributed by atoms with van der Waals surface area (Å²) < 4.78 is 5.58. The normalized spacial score (nSPS) is 25.5. The Balaban J connectivity index is 1.43. The number of anilines is 1. The molecule has 5 atom stereocenters. The van der Waals surface area contributed by atoms with E-state index in [0.717, 1.165) is 23.3 Å². The second kappa shape index (κ2) is 10.1. The van der Waals surface area contributed by atoms with Crippen molar-refractivity contribution in [3.63, 3.8) is 0 Å². The first kappa shape index (κ1) is 24.1. The molecule has 0 saturated heterocycles. The van der Waals surface area contributed by atoms with Crippen molar-refractivity contribution in [2.45, 2.75) is 33.6 Å². The summed E-state index contributed by atoms with van der Waals surface area (Å²) in [6.07, 6.45) is 8.20. The molecule has 2 aliphatic rings. The minimum Gasteiger partial charge on any atom is -0.484 e. The lowest BCUT2D eigenvalue weighted by molar-refractivity contribution is -0.128. The predicted molar refractivity (Wildman–Crippen MR) is 131 cm³/mol. The number of pyridine rings is 1. The fourth-order valence-electron chi connectivity index (χ4n) is 4.91. The quantitative estimate of drug-likeness (QED) is 0.292. The molecular weight excluding hydrogens is 452 g/mol. The molecule has 0 radical (unpaired) electrons. The molecule has 1 saturated carbocycles. The molecule has 5 unspecified atom stereocenters. The molecule has 6 nitrogen and oxygen atoms in total. The van der Waals surface area contributed by atoms with Gasteiger partial charge in [0.15, 0.2) is 12.4 Å². The van der Waals surface area contributed by atoms with Crippen LogP contribution in [0.5, 0.6) is 5.75 Å². The van der Waals surface area contributed by atoms with Crippen LogP contribution in [0.15, 0.2) is 48.7 Å². The number of aromatic nitrogens is 1. The predicted octanol–water partition coefficient (Wildman–Crippen LogP) is 5.28. The number of allylic oxidation sites excluding steroid dienone is 2. The maximum Gasteiger partial charge on any atom is 0.238 e. The number of Topliss-reactive ketones (excluding diaryl/α,β-unsaturated/α-hetero) is 1. The van der Waals surface area contributed by atoms with Gasteiger partial charge in [-0.25, -0.2) is 9.88 Å². The maximum atomic E-state index is 13.4. The molecule has 178 valence electrons. The second-order valence-corrected chi connectivity index (χ2v) is 9.95. The summed E-state index contributed by atoms with van der Waals surface area (Å²) in [5.41, 5.74) is 1.36. The molecule has 1 heterocycles. The summed E-state index contributed by atoms with van der Waals surface area (Å²) in [5, 5.41) is 0.495. The zero-order valence-electron chi connectivity index (χ0n) is 19.6. The number of amides is 2. The Bertz CT molecular complexity index is 1090. The highest BCUT2D eigenvalue weighted by molar-refractivity contribution is 6.31. The average Bonchev–Trinajstić information content (AvgIpc) is 3.54. The van der Waals surface area contributed by atoms with Crippen LogP contribution in [0.2, 0.25) is 5.02 Å². The molecule has 2 aliphatic carbocycles. The molecule has 1 aromatic carbocycles. The van der Waals surface area contributed by atoms with E-state index in [1.54, 1.807) is 30.3 Å². The second-order valence-electron chi connectivity index (χ2n) is 9.52. The van der Waals surface area contributed by atoms with Crippen molar-refractivity contribution in [1.29, 1.82) is 0 Å². The number of aryl methyl sites for hydroxylation is 1. The molecule has 0 N–H and O–H groups in total. The standard InChI is InChI=1S/C27H29ClN2O4/c1-16-9-19(12-20(28)10-16)24(32)14-34-21-7-8-25(29-13-21)30(15-31)27(33)26-17(2)5-4-6-22(26)23-11-18(23)3/h4,6-10,12-13,15,17-18,22-23,26H,5,11,14H2,1-3H3. The monoisotopic (exact) mass is 480 g/mol. The zero-order valence-corrected chi connectivity index (χ0v) is 20.4. The van der Waals surface area contributed by atoms with Gasteiger partial charge in [0.1, 0.15) is 11.6 Å². The zero-order chi connectivity index (χ0) is 24.4. The lowest BCUT2D eigenvalue weighted by Gasteiger charge is -2.34. The molecule has 0 aliphatic heterocycles. The Morgan fingerprint density at radius 1 is 1.21 bits per heavy atom. The molecule has 2 aromatic rings. The number of halogens is 1. The molecule has 7 heteroatoms. The van der Waals surface area contributed by atoms with Crippen LogP contribution in [0.4, 0.5) is 5.82 Å². The molecule has 2 amide bonds. The van der Waals surface area contributed by atoms with Crippen LogP contribution in [-0.2, 0) is 9.59 Å². The van der Waals surface area contributed by atoms with Crippen LogP contribution >= 0.6 is 11.6 Å². The van der Waals surface area contributed by atoms with E-state index in [1.807, 2.05) is 6.92 Å². The number of ether oxygens (including phenoxy) is 1. The van der Waals surface area contributed by atoms with Gasteiger partial charge in [-0.3, -0.25) is 14.4 Å². The molecule has 4 rings (SSSR count). The summed E-state index contributed by atoms with van der Waals surface area (Å²) >= 11 is 6.03. The summed E-state index contributed by atoms with van der Waals surface area (Å²) in [4.78, 5) is 43.2. The minimum atomic E-state index is -0.248. The lowest BCUT2D eigenvalue weighted by atomic mass is 9.73. The molecule has 1 fully saturated rings. The number of nitrogens with zero attached hydrogens (tertiary/aromatic N) is 2. The fourth-order valence-corrected chi connectivity index (χ4v) is 5.20. The first-order chi connectivity index (χ1) is 16.3.